The summed E-state index contributed by atoms with van der Waals surface area (Å²) in [6.07, 6.45) is 3.86. The Morgan fingerprint density at radius 3 is 2.50 bits per heavy atom. The van der Waals surface area contributed by atoms with E-state index in [0.29, 0.717) is 0 Å². The van der Waals surface area contributed by atoms with Crippen LogP contribution in [0.15, 0.2) is 0 Å². The first-order valence-electron chi connectivity index (χ1n) is 7.94. The quantitative estimate of drug-likeness (QED) is 0.826. The summed E-state index contributed by atoms with van der Waals surface area (Å²) in [4.78, 5) is 8.80. The van der Waals surface area contributed by atoms with Crippen molar-refractivity contribution in [1.29, 1.82) is 0 Å². The van der Waals surface area contributed by atoms with E-state index in [4.69, 9.17) is 4.98 Å². The van der Waals surface area contributed by atoms with Gasteiger partial charge in [0.2, 0.25) is 0 Å². The van der Waals surface area contributed by atoms with Crippen molar-refractivity contribution in [2.45, 2.75) is 71.9 Å². The third kappa shape index (κ3) is 3.95. The Balaban J connectivity index is 2.20. The normalized spacial score (nSPS) is 15.7. The van der Waals surface area contributed by atoms with Gasteiger partial charge in [-0.2, -0.15) is 0 Å². The number of nitrogens with zero attached hydrogens (tertiary/aromatic N) is 2. The van der Waals surface area contributed by atoms with Crippen molar-refractivity contribution in [2.75, 3.05) is 18.0 Å². The summed E-state index contributed by atoms with van der Waals surface area (Å²) in [5.74, 6) is 0. The van der Waals surface area contributed by atoms with Gasteiger partial charge in [-0.05, 0) is 26.2 Å². The van der Waals surface area contributed by atoms with Crippen LogP contribution >= 0.6 is 11.3 Å². The molecule has 0 aliphatic heterocycles. The molecule has 4 heteroatoms. The first-order chi connectivity index (χ1) is 9.45. The zero-order chi connectivity index (χ0) is 14.8. The highest BCUT2D eigenvalue weighted by Crippen LogP contribution is 2.34. The van der Waals surface area contributed by atoms with Crippen LogP contribution in [0.1, 0.15) is 64.5 Å². The lowest BCUT2D eigenvalue weighted by Crippen LogP contribution is -2.23. The van der Waals surface area contributed by atoms with Gasteiger partial charge in [-0.25, -0.2) is 4.98 Å². The third-order valence-electron chi connectivity index (χ3n) is 3.67. The summed E-state index contributed by atoms with van der Waals surface area (Å²) in [5, 5.41) is 4.84. The average molecular weight is 295 g/mol. The Hall–Kier alpha value is -0.610. The molecule has 0 amide bonds. The molecule has 0 atom stereocenters. The molecule has 3 nitrogen and oxygen atoms in total. The van der Waals surface area contributed by atoms with Gasteiger partial charge in [0.15, 0.2) is 5.13 Å². The highest BCUT2D eigenvalue weighted by molar-refractivity contribution is 7.15. The number of nitrogens with one attached hydrogen (secondary N) is 1. The molecule has 2 rings (SSSR count). The molecule has 1 heterocycles. The largest absolute Gasteiger partial charge is 0.348 e. The standard InChI is InChI=1S/C16H29N3S/c1-6-10-19(7-2)15-18-14(16(3,4)5)13(20-15)11-17-12-8-9-12/h12,17H,6-11H2,1-5H3. The monoisotopic (exact) mass is 295 g/mol. The van der Waals surface area contributed by atoms with Crippen LogP contribution in [0.5, 0.6) is 0 Å². The van der Waals surface area contributed by atoms with E-state index in [9.17, 15) is 0 Å². The van der Waals surface area contributed by atoms with Crippen molar-refractivity contribution in [1.82, 2.24) is 10.3 Å². The van der Waals surface area contributed by atoms with Gasteiger partial charge in [0.25, 0.3) is 0 Å². The number of rotatable bonds is 7. The number of aromatic nitrogens is 1. The smallest absolute Gasteiger partial charge is 0.185 e. The van der Waals surface area contributed by atoms with Crippen LogP contribution in [0.3, 0.4) is 0 Å². The van der Waals surface area contributed by atoms with Gasteiger partial charge >= 0.3 is 0 Å². The van der Waals surface area contributed by atoms with Crippen LogP contribution in [0.4, 0.5) is 5.13 Å². The molecule has 1 aromatic heterocycles. The fourth-order valence-corrected chi connectivity index (χ4v) is 3.67. The number of thiazole rings is 1. The SMILES string of the molecule is CCCN(CC)c1nc(C(C)(C)C)c(CNC2CC2)s1. The molecule has 1 aliphatic rings. The molecule has 0 aromatic carbocycles. The molecule has 0 radical (unpaired) electrons. The Morgan fingerprint density at radius 1 is 1.30 bits per heavy atom. The fraction of sp³-hybridized carbons (Fsp3) is 0.812. The van der Waals surface area contributed by atoms with Crippen LogP contribution < -0.4 is 10.2 Å². The maximum absolute atomic E-state index is 4.97. The van der Waals surface area contributed by atoms with E-state index < -0.39 is 0 Å². The van der Waals surface area contributed by atoms with E-state index in [1.54, 1.807) is 0 Å². The van der Waals surface area contributed by atoms with Crippen molar-refractivity contribution >= 4 is 16.5 Å². The molecular formula is C16H29N3S. The first kappa shape index (κ1) is 15.8. The highest BCUT2D eigenvalue weighted by Gasteiger charge is 2.26. The zero-order valence-corrected chi connectivity index (χ0v) is 14.4. The second-order valence-electron chi connectivity index (χ2n) is 6.75. The maximum Gasteiger partial charge on any atom is 0.185 e. The number of anilines is 1. The predicted molar refractivity (Wildman–Crippen MR) is 88.9 cm³/mol. The molecule has 0 unspecified atom stereocenters. The minimum Gasteiger partial charge on any atom is -0.348 e. The topological polar surface area (TPSA) is 28.2 Å². The van der Waals surface area contributed by atoms with Crippen molar-refractivity contribution < 1.29 is 0 Å². The summed E-state index contributed by atoms with van der Waals surface area (Å²) >= 11 is 1.88. The average Bonchev–Trinajstić information content (AvgIpc) is 3.10. The predicted octanol–water partition coefficient (Wildman–Crippen LogP) is 3.93. The summed E-state index contributed by atoms with van der Waals surface area (Å²) in [5.41, 5.74) is 1.40. The Bertz CT molecular complexity index is 429. The van der Waals surface area contributed by atoms with Crippen LogP contribution in [0, 0.1) is 0 Å². The lowest BCUT2D eigenvalue weighted by Gasteiger charge is -2.19. The minimum atomic E-state index is 0.126. The van der Waals surface area contributed by atoms with Crippen molar-refractivity contribution in [2.24, 2.45) is 0 Å². The van der Waals surface area contributed by atoms with Gasteiger partial charge in [0, 0.05) is 36.0 Å². The van der Waals surface area contributed by atoms with Crippen LogP contribution in [0.25, 0.3) is 0 Å². The summed E-state index contributed by atoms with van der Waals surface area (Å²) < 4.78 is 0. The van der Waals surface area contributed by atoms with Gasteiger partial charge in [-0.3, -0.25) is 0 Å². The van der Waals surface area contributed by atoms with Gasteiger partial charge < -0.3 is 10.2 Å². The summed E-state index contributed by atoms with van der Waals surface area (Å²) in [6, 6.07) is 0.756. The third-order valence-corrected chi connectivity index (χ3v) is 4.79. The Morgan fingerprint density at radius 2 is 2.00 bits per heavy atom. The van der Waals surface area contributed by atoms with Gasteiger partial charge in [-0.15, -0.1) is 11.3 Å². The molecule has 1 N–H and O–H groups in total. The van der Waals surface area contributed by atoms with Crippen molar-refractivity contribution in [3.63, 3.8) is 0 Å². The molecule has 1 aliphatic carbocycles. The zero-order valence-electron chi connectivity index (χ0n) is 13.6. The first-order valence-corrected chi connectivity index (χ1v) is 8.75. The lowest BCUT2D eigenvalue weighted by molar-refractivity contribution is 0.558. The molecule has 1 aromatic rings. The molecule has 1 fully saturated rings. The van der Waals surface area contributed by atoms with E-state index in [1.165, 1.54) is 35.0 Å². The Labute approximate surface area is 127 Å². The minimum absolute atomic E-state index is 0.126. The number of hydrogen-bond acceptors (Lipinski definition) is 4. The highest BCUT2D eigenvalue weighted by atomic mass is 32.1. The number of hydrogen-bond donors (Lipinski definition) is 1. The van der Waals surface area contributed by atoms with Gasteiger partial charge in [0.1, 0.15) is 0 Å². The van der Waals surface area contributed by atoms with E-state index in [1.807, 2.05) is 11.3 Å². The van der Waals surface area contributed by atoms with Gasteiger partial charge in [0.05, 0.1) is 5.69 Å². The Kier molecular flexibility index (Phi) is 5.08. The maximum atomic E-state index is 4.97. The second kappa shape index (κ2) is 6.44. The van der Waals surface area contributed by atoms with E-state index in [0.717, 1.165) is 25.7 Å². The lowest BCUT2D eigenvalue weighted by atomic mass is 9.91. The summed E-state index contributed by atoms with van der Waals surface area (Å²) in [7, 11) is 0. The molecular weight excluding hydrogens is 266 g/mol. The summed E-state index contributed by atoms with van der Waals surface area (Å²) in [6.45, 7) is 14.4. The van der Waals surface area contributed by atoms with Crippen LogP contribution in [0.2, 0.25) is 0 Å². The van der Waals surface area contributed by atoms with E-state index >= 15 is 0 Å². The van der Waals surface area contributed by atoms with Crippen LogP contribution in [-0.2, 0) is 12.0 Å². The second-order valence-corrected chi connectivity index (χ2v) is 7.82. The molecule has 1 saturated carbocycles. The van der Waals surface area contributed by atoms with E-state index in [2.05, 4.69) is 44.8 Å². The molecule has 0 bridgehead atoms. The molecule has 114 valence electrons. The van der Waals surface area contributed by atoms with Crippen molar-refractivity contribution in [3.05, 3.63) is 10.6 Å². The molecule has 0 saturated heterocycles. The van der Waals surface area contributed by atoms with Crippen molar-refractivity contribution in [3.8, 4) is 0 Å². The molecule has 0 spiro atoms. The molecule has 20 heavy (non-hydrogen) atoms. The van der Waals surface area contributed by atoms with Gasteiger partial charge in [-0.1, -0.05) is 27.7 Å². The van der Waals surface area contributed by atoms with Crippen LogP contribution in [-0.4, -0.2) is 24.1 Å². The fourth-order valence-electron chi connectivity index (χ4n) is 2.36. The van der Waals surface area contributed by atoms with E-state index in [-0.39, 0.29) is 5.41 Å².